The zero-order chi connectivity index (χ0) is 24.1. The maximum absolute atomic E-state index is 12.8. The normalized spacial score (nSPS) is 25.4. The molecule has 9 heteroatoms. The number of carbonyl (C=O) groups excluding carboxylic acids is 1. The number of carbonyl (C=O) groups is 1. The molecule has 5 aliphatic rings. The highest BCUT2D eigenvalue weighted by Crippen LogP contribution is 2.46. The zero-order valence-electron chi connectivity index (χ0n) is 21.4. The molecule has 1 N–H and O–H groups in total. The molecule has 9 nitrogen and oxygen atoms in total. The number of amides is 1. The summed E-state index contributed by atoms with van der Waals surface area (Å²) in [5, 5.41) is 3.45. The first-order chi connectivity index (χ1) is 16.1. The van der Waals surface area contributed by atoms with Crippen LogP contribution in [0.2, 0.25) is 0 Å². The number of nitrogens with one attached hydrogen (secondary N) is 1. The fraction of sp³-hybridized carbons (Fsp3) is 0.800. The van der Waals surface area contributed by atoms with Crippen LogP contribution in [0.15, 0.2) is 0 Å². The summed E-state index contributed by atoms with van der Waals surface area (Å²) in [4.78, 5) is 29.2. The SMILES string of the molecule is CN(C)CC1(COc2nc3c(c(N4C[C@@H]5CCC4CN5C(=O)OC(C)(C)C)n2)CCNC3)CC1. The van der Waals surface area contributed by atoms with Crippen LogP contribution in [0, 0.1) is 5.41 Å². The number of hydrogen-bond donors (Lipinski definition) is 1. The number of aromatic nitrogens is 2. The third-order valence-electron chi connectivity index (χ3n) is 7.44. The average molecular weight is 473 g/mol. The van der Waals surface area contributed by atoms with Gasteiger partial charge in [-0.2, -0.15) is 9.97 Å². The molecule has 6 rings (SSSR count). The second-order valence-electron chi connectivity index (χ2n) is 11.9. The molecule has 0 spiro atoms. The Morgan fingerprint density at radius 3 is 2.59 bits per heavy atom. The number of fused-ring (bicyclic) bond motifs is 4. The zero-order valence-corrected chi connectivity index (χ0v) is 21.4. The highest BCUT2D eigenvalue weighted by Gasteiger charge is 2.45. The molecule has 5 heterocycles. The monoisotopic (exact) mass is 472 g/mol. The number of nitrogens with zero attached hydrogens (tertiary/aromatic N) is 5. The lowest BCUT2D eigenvalue weighted by Gasteiger charge is -2.52. The highest BCUT2D eigenvalue weighted by molar-refractivity contribution is 5.70. The Morgan fingerprint density at radius 1 is 1.18 bits per heavy atom. The van der Waals surface area contributed by atoms with Crippen LogP contribution in [0.25, 0.3) is 0 Å². The van der Waals surface area contributed by atoms with Gasteiger partial charge in [0.1, 0.15) is 11.4 Å². The van der Waals surface area contributed by atoms with Gasteiger partial charge < -0.3 is 29.5 Å². The number of ether oxygens (including phenoxy) is 2. The third kappa shape index (κ3) is 4.96. The van der Waals surface area contributed by atoms with Gasteiger partial charge in [-0.15, -0.1) is 0 Å². The van der Waals surface area contributed by atoms with Crippen molar-refractivity contribution < 1.29 is 14.3 Å². The lowest BCUT2D eigenvalue weighted by atomic mass is 9.90. The van der Waals surface area contributed by atoms with Crippen molar-refractivity contribution in [2.45, 2.75) is 77.1 Å². The van der Waals surface area contributed by atoms with Crippen LogP contribution in [-0.4, -0.2) is 90.4 Å². The van der Waals surface area contributed by atoms with Crippen LogP contribution in [0.5, 0.6) is 6.01 Å². The molecule has 1 amide bonds. The predicted molar refractivity (Wildman–Crippen MR) is 130 cm³/mol. The summed E-state index contributed by atoms with van der Waals surface area (Å²) in [7, 11) is 4.23. The van der Waals surface area contributed by atoms with E-state index in [0.29, 0.717) is 19.2 Å². The van der Waals surface area contributed by atoms with Gasteiger partial charge in [-0.05, 0) is 73.5 Å². The fourth-order valence-corrected chi connectivity index (χ4v) is 5.66. The molecule has 1 aromatic heterocycles. The Hall–Kier alpha value is -2.13. The van der Waals surface area contributed by atoms with Crippen LogP contribution >= 0.6 is 0 Å². The maximum Gasteiger partial charge on any atom is 0.410 e. The van der Waals surface area contributed by atoms with E-state index in [4.69, 9.17) is 19.4 Å². The van der Waals surface area contributed by atoms with E-state index < -0.39 is 5.60 Å². The molecule has 4 fully saturated rings. The smallest absolute Gasteiger partial charge is 0.410 e. The van der Waals surface area contributed by atoms with E-state index >= 15 is 0 Å². The molecule has 34 heavy (non-hydrogen) atoms. The molecule has 0 radical (unpaired) electrons. The molecule has 1 saturated carbocycles. The molecule has 3 saturated heterocycles. The minimum Gasteiger partial charge on any atom is -0.463 e. The van der Waals surface area contributed by atoms with Gasteiger partial charge in [0, 0.05) is 43.2 Å². The minimum absolute atomic E-state index is 0.145. The third-order valence-corrected chi connectivity index (χ3v) is 7.44. The number of hydrogen-bond acceptors (Lipinski definition) is 8. The van der Waals surface area contributed by atoms with Gasteiger partial charge in [0.25, 0.3) is 0 Å². The highest BCUT2D eigenvalue weighted by atomic mass is 16.6. The Balaban J connectivity index is 1.35. The largest absolute Gasteiger partial charge is 0.463 e. The van der Waals surface area contributed by atoms with Crippen molar-refractivity contribution in [3.63, 3.8) is 0 Å². The fourth-order valence-electron chi connectivity index (χ4n) is 5.66. The van der Waals surface area contributed by atoms with Crippen LogP contribution in [0.1, 0.15) is 57.7 Å². The van der Waals surface area contributed by atoms with Crippen molar-refractivity contribution in [2.75, 3.05) is 51.8 Å². The van der Waals surface area contributed by atoms with Crippen molar-refractivity contribution in [1.82, 2.24) is 25.1 Å². The molecular formula is C25H40N6O3. The van der Waals surface area contributed by atoms with Gasteiger partial charge in [0.05, 0.1) is 18.3 Å². The van der Waals surface area contributed by atoms with Crippen molar-refractivity contribution in [2.24, 2.45) is 5.41 Å². The first kappa shape index (κ1) is 23.6. The van der Waals surface area contributed by atoms with Gasteiger partial charge >= 0.3 is 12.1 Å². The quantitative estimate of drug-likeness (QED) is 0.676. The molecule has 4 aliphatic heterocycles. The van der Waals surface area contributed by atoms with E-state index in [2.05, 4.69) is 29.2 Å². The summed E-state index contributed by atoms with van der Waals surface area (Å²) in [5.74, 6) is 1.01. The Bertz CT molecular complexity index is 926. The standard InChI is InChI=1S/C25H40N6O3/c1-24(2,3)34-23(32)31-14-17-6-7-18(31)13-30(17)21-19-8-11-26-12-20(19)27-22(28-21)33-16-25(9-10-25)15-29(4)5/h17-18,26H,6-16H2,1-5H3/t17?,18-/m0/s1. The van der Waals surface area contributed by atoms with E-state index in [0.717, 1.165) is 57.0 Å². The van der Waals surface area contributed by atoms with Crippen molar-refractivity contribution in [3.8, 4) is 6.01 Å². The van der Waals surface area contributed by atoms with Crippen molar-refractivity contribution in [3.05, 3.63) is 11.3 Å². The van der Waals surface area contributed by atoms with Crippen LogP contribution in [-0.2, 0) is 17.7 Å². The lowest BCUT2D eigenvalue weighted by molar-refractivity contribution is 0.000732. The van der Waals surface area contributed by atoms with Gasteiger partial charge in [-0.25, -0.2) is 4.79 Å². The first-order valence-electron chi connectivity index (χ1n) is 12.8. The Labute approximate surface area is 203 Å². The summed E-state index contributed by atoms with van der Waals surface area (Å²) in [6.07, 6.45) is 5.17. The molecule has 1 aliphatic carbocycles. The summed E-state index contributed by atoms with van der Waals surface area (Å²) < 4.78 is 11.9. The van der Waals surface area contributed by atoms with Gasteiger partial charge in [0.15, 0.2) is 0 Å². The predicted octanol–water partition coefficient (Wildman–Crippen LogP) is 2.43. The van der Waals surface area contributed by atoms with E-state index in [1.54, 1.807) is 0 Å². The summed E-state index contributed by atoms with van der Waals surface area (Å²) in [6.45, 7) is 10.6. The van der Waals surface area contributed by atoms with E-state index in [9.17, 15) is 4.79 Å². The van der Waals surface area contributed by atoms with Gasteiger partial charge in [-0.1, -0.05) is 0 Å². The molecule has 1 unspecified atom stereocenters. The number of piperidine rings is 2. The Morgan fingerprint density at radius 2 is 1.94 bits per heavy atom. The molecule has 188 valence electrons. The number of piperazine rings is 1. The van der Waals surface area contributed by atoms with Crippen LogP contribution in [0.4, 0.5) is 10.6 Å². The summed E-state index contributed by atoms with van der Waals surface area (Å²) >= 11 is 0. The van der Waals surface area contributed by atoms with Crippen molar-refractivity contribution >= 4 is 11.9 Å². The average Bonchev–Trinajstić information content (AvgIpc) is 3.55. The molecular weight excluding hydrogens is 432 g/mol. The van der Waals surface area contributed by atoms with Crippen LogP contribution < -0.4 is 15.0 Å². The second-order valence-corrected chi connectivity index (χ2v) is 11.9. The number of anilines is 1. The first-order valence-corrected chi connectivity index (χ1v) is 12.8. The molecule has 1 aromatic rings. The Kier molecular flexibility index (Phi) is 6.13. The summed E-state index contributed by atoms with van der Waals surface area (Å²) in [6, 6.07) is 0.877. The second kappa shape index (κ2) is 8.82. The summed E-state index contributed by atoms with van der Waals surface area (Å²) in [5.41, 5.74) is 2.04. The molecule has 2 atom stereocenters. The lowest BCUT2D eigenvalue weighted by Crippen LogP contribution is -2.65. The van der Waals surface area contributed by atoms with E-state index in [-0.39, 0.29) is 23.6 Å². The molecule has 0 aromatic carbocycles. The topological polar surface area (TPSA) is 83.1 Å². The maximum atomic E-state index is 12.8. The van der Waals surface area contributed by atoms with E-state index in [1.165, 1.54) is 18.4 Å². The van der Waals surface area contributed by atoms with Crippen molar-refractivity contribution in [1.29, 1.82) is 0 Å². The van der Waals surface area contributed by atoms with Gasteiger partial charge in [0.2, 0.25) is 0 Å². The molecule has 2 bridgehead atoms. The van der Waals surface area contributed by atoms with E-state index in [1.807, 2.05) is 25.7 Å². The number of rotatable bonds is 6. The minimum atomic E-state index is -0.482. The van der Waals surface area contributed by atoms with Crippen LogP contribution in [0.3, 0.4) is 0 Å². The van der Waals surface area contributed by atoms with Gasteiger partial charge in [-0.3, -0.25) is 0 Å².